The Morgan fingerprint density at radius 1 is 1.26 bits per heavy atom. The minimum atomic E-state index is -3.48. The summed E-state index contributed by atoms with van der Waals surface area (Å²) in [5, 5.41) is 0. The molecule has 3 N–H and O–H groups in total. The Morgan fingerprint density at radius 2 is 1.95 bits per heavy atom. The van der Waals surface area contributed by atoms with Crippen LogP contribution in [0.4, 0.5) is 5.69 Å². The van der Waals surface area contributed by atoms with Crippen molar-refractivity contribution in [2.24, 2.45) is 5.92 Å². The Morgan fingerprint density at radius 3 is 2.53 bits per heavy atom. The molecule has 106 valence electrons. The van der Waals surface area contributed by atoms with E-state index < -0.39 is 10.0 Å². The van der Waals surface area contributed by atoms with Crippen molar-refractivity contribution in [3.63, 3.8) is 0 Å². The normalized spacial score (nSPS) is 23.7. The molecule has 2 atom stereocenters. The van der Waals surface area contributed by atoms with Gasteiger partial charge < -0.3 is 5.73 Å². The van der Waals surface area contributed by atoms with E-state index in [1.807, 2.05) is 0 Å². The maximum atomic E-state index is 12.5. The van der Waals surface area contributed by atoms with Gasteiger partial charge in [0.1, 0.15) is 0 Å². The highest BCUT2D eigenvalue weighted by Crippen LogP contribution is 2.29. The second-order valence-electron chi connectivity index (χ2n) is 5.66. The van der Waals surface area contributed by atoms with Crippen molar-refractivity contribution in [1.82, 2.24) is 4.72 Å². The molecule has 0 amide bonds. The van der Waals surface area contributed by atoms with E-state index >= 15 is 0 Å². The second kappa shape index (κ2) is 5.13. The molecule has 1 aliphatic rings. The maximum absolute atomic E-state index is 12.5. The van der Waals surface area contributed by atoms with E-state index in [0.717, 1.165) is 24.8 Å². The third-order valence-electron chi connectivity index (χ3n) is 3.93. The van der Waals surface area contributed by atoms with Gasteiger partial charge in [0.15, 0.2) is 0 Å². The van der Waals surface area contributed by atoms with Crippen LogP contribution < -0.4 is 10.5 Å². The van der Waals surface area contributed by atoms with Crippen LogP contribution in [0.2, 0.25) is 0 Å². The van der Waals surface area contributed by atoms with Crippen LogP contribution in [0.25, 0.3) is 0 Å². The van der Waals surface area contributed by atoms with Crippen molar-refractivity contribution in [3.05, 3.63) is 23.3 Å². The van der Waals surface area contributed by atoms with Crippen LogP contribution in [-0.2, 0) is 10.0 Å². The van der Waals surface area contributed by atoms with Gasteiger partial charge in [-0.3, -0.25) is 0 Å². The molecule has 2 unspecified atom stereocenters. The molecule has 1 aromatic carbocycles. The molecule has 0 heterocycles. The van der Waals surface area contributed by atoms with Crippen LogP contribution in [0, 0.1) is 19.8 Å². The standard InChI is InChI=1S/C14H22N2O2S/c1-9-4-6-12(8-9)16-19(17,18)14-10(2)5-7-13(15)11(14)3/h5,7,9,12,16H,4,6,8,15H2,1-3H3. The van der Waals surface area contributed by atoms with Gasteiger partial charge >= 0.3 is 0 Å². The van der Waals surface area contributed by atoms with Crippen LogP contribution in [-0.4, -0.2) is 14.5 Å². The molecule has 0 saturated heterocycles. The predicted octanol–water partition coefficient (Wildman–Crippen LogP) is 2.35. The van der Waals surface area contributed by atoms with Gasteiger partial charge in [-0.1, -0.05) is 13.0 Å². The first-order valence-corrected chi connectivity index (χ1v) is 8.17. The van der Waals surface area contributed by atoms with Crippen molar-refractivity contribution in [1.29, 1.82) is 0 Å². The van der Waals surface area contributed by atoms with Crippen molar-refractivity contribution in [2.45, 2.75) is 51.0 Å². The Kier molecular flexibility index (Phi) is 3.87. The van der Waals surface area contributed by atoms with Gasteiger partial charge in [0.25, 0.3) is 0 Å². The summed E-state index contributed by atoms with van der Waals surface area (Å²) in [5.74, 6) is 0.593. The molecular weight excluding hydrogens is 260 g/mol. The highest BCUT2D eigenvalue weighted by atomic mass is 32.2. The molecule has 1 aromatic rings. The zero-order valence-corrected chi connectivity index (χ0v) is 12.5. The lowest BCUT2D eigenvalue weighted by molar-refractivity contribution is 0.537. The molecule has 19 heavy (non-hydrogen) atoms. The number of nitrogens with two attached hydrogens (primary N) is 1. The zero-order valence-electron chi connectivity index (χ0n) is 11.7. The second-order valence-corrected chi connectivity index (χ2v) is 7.31. The Bertz CT molecular complexity index is 581. The fourth-order valence-electron chi connectivity index (χ4n) is 2.85. The highest BCUT2D eigenvalue weighted by Gasteiger charge is 2.28. The lowest BCUT2D eigenvalue weighted by Crippen LogP contribution is -2.33. The number of anilines is 1. The molecular formula is C14H22N2O2S. The van der Waals surface area contributed by atoms with Crippen LogP contribution in [0.5, 0.6) is 0 Å². The van der Waals surface area contributed by atoms with Gasteiger partial charge in [-0.2, -0.15) is 0 Å². The molecule has 1 aliphatic carbocycles. The van der Waals surface area contributed by atoms with E-state index in [1.54, 1.807) is 26.0 Å². The molecule has 0 aromatic heterocycles. The minimum absolute atomic E-state index is 0.0558. The summed E-state index contributed by atoms with van der Waals surface area (Å²) in [6.07, 6.45) is 2.92. The molecule has 1 saturated carbocycles. The largest absolute Gasteiger partial charge is 0.398 e. The van der Waals surface area contributed by atoms with Gasteiger partial charge in [-0.15, -0.1) is 0 Å². The quantitative estimate of drug-likeness (QED) is 0.836. The topological polar surface area (TPSA) is 72.2 Å². The van der Waals surface area contributed by atoms with Crippen molar-refractivity contribution < 1.29 is 8.42 Å². The van der Waals surface area contributed by atoms with Crippen LogP contribution in [0.1, 0.15) is 37.3 Å². The van der Waals surface area contributed by atoms with Crippen molar-refractivity contribution in [3.8, 4) is 0 Å². The van der Waals surface area contributed by atoms with Crippen LogP contribution in [0.15, 0.2) is 17.0 Å². The van der Waals surface area contributed by atoms with Gasteiger partial charge in [-0.25, -0.2) is 13.1 Å². The Balaban J connectivity index is 2.32. The van der Waals surface area contributed by atoms with E-state index in [1.165, 1.54) is 0 Å². The summed E-state index contributed by atoms with van der Waals surface area (Å²) in [4.78, 5) is 0.340. The lowest BCUT2D eigenvalue weighted by atomic mass is 10.1. The zero-order chi connectivity index (χ0) is 14.2. The molecule has 0 spiro atoms. The maximum Gasteiger partial charge on any atom is 0.241 e. The number of nitrogen functional groups attached to an aromatic ring is 1. The van der Waals surface area contributed by atoms with E-state index in [9.17, 15) is 8.42 Å². The summed E-state index contributed by atoms with van der Waals surface area (Å²) in [7, 11) is -3.48. The van der Waals surface area contributed by atoms with Crippen molar-refractivity contribution >= 4 is 15.7 Å². The van der Waals surface area contributed by atoms with Gasteiger partial charge in [0.2, 0.25) is 10.0 Å². The number of nitrogens with one attached hydrogen (secondary N) is 1. The van der Waals surface area contributed by atoms with Crippen LogP contribution in [0.3, 0.4) is 0 Å². The number of hydrogen-bond acceptors (Lipinski definition) is 3. The van der Waals surface area contributed by atoms with E-state index in [-0.39, 0.29) is 6.04 Å². The number of benzene rings is 1. The average Bonchev–Trinajstić information content (AvgIpc) is 2.68. The summed E-state index contributed by atoms with van der Waals surface area (Å²) >= 11 is 0. The highest BCUT2D eigenvalue weighted by molar-refractivity contribution is 7.89. The van der Waals surface area contributed by atoms with Gasteiger partial charge in [0, 0.05) is 11.7 Å². The summed E-state index contributed by atoms with van der Waals surface area (Å²) in [5.41, 5.74) is 7.72. The number of rotatable bonds is 3. The average molecular weight is 282 g/mol. The summed E-state index contributed by atoms with van der Waals surface area (Å²) in [6.45, 7) is 5.72. The third-order valence-corrected chi connectivity index (χ3v) is 5.74. The number of hydrogen-bond donors (Lipinski definition) is 2. The monoisotopic (exact) mass is 282 g/mol. The van der Waals surface area contributed by atoms with Gasteiger partial charge in [-0.05, 0) is 56.2 Å². The Hall–Kier alpha value is -1.07. The fourth-order valence-corrected chi connectivity index (χ4v) is 4.63. The lowest BCUT2D eigenvalue weighted by Gasteiger charge is -2.17. The molecule has 2 rings (SSSR count). The first-order chi connectivity index (χ1) is 8.81. The molecule has 0 aliphatic heterocycles. The first-order valence-electron chi connectivity index (χ1n) is 6.69. The van der Waals surface area contributed by atoms with E-state index in [2.05, 4.69) is 11.6 Å². The number of aryl methyl sites for hydroxylation is 1. The third kappa shape index (κ3) is 2.92. The minimum Gasteiger partial charge on any atom is -0.398 e. The first kappa shape index (κ1) is 14.3. The van der Waals surface area contributed by atoms with E-state index in [4.69, 9.17) is 5.73 Å². The Labute approximate surface area is 115 Å². The predicted molar refractivity (Wildman–Crippen MR) is 77.5 cm³/mol. The molecule has 1 fully saturated rings. The van der Waals surface area contributed by atoms with Crippen LogP contribution >= 0.6 is 0 Å². The smallest absolute Gasteiger partial charge is 0.241 e. The number of sulfonamides is 1. The van der Waals surface area contributed by atoms with E-state index in [0.29, 0.717) is 22.1 Å². The molecule has 0 radical (unpaired) electrons. The molecule has 5 heteroatoms. The van der Waals surface area contributed by atoms with Gasteiger partial charge in [0.05, 0.1) is 4.90 Å². The molecule has 4 nitrogen and oxygen atoms in total. The summed E-state index contributed by atoms with van der Waals surface area (Å²) < 4.78 is 27.9. The molecule has 0 bridgehead atoms. The summed E-state index contributed by atoms with van der Waals surface area (Å²) in [6, 6.07) is 3.57. The SMILES string of the molecule is Cc1ccc(N)c(C)c1S(=O)(=O)NC1CCC(C)C1. The fraction of sp³-hybridized carbons (Fsp3) is 0.571. The van der Waals surface area contributed by atoms with Crippen molar-refractivity contribution in [2.75, 3.05) is 5.73 Å².